The van der Waals surface area contributed by atoms with Gasteiger partial charge in [0.05, 0.1) is 12.0 Å². The van der Waals surface area contributed by atoms with Crippen LogP contribution >= 0.6 is 0 Å². The highest BCUT2D eigenvalue weighted by Gasteiger charge is 2.48. The number of nitrogens with one attached hydrogen (secondary N) is 1. The summed E-state index contributed by atoms with van der Waals surface area (Å²) in [6.07, 6.45) is 4.25. The third-order valence-electron chi connectivity index (χ3n) is 7.06. The molecular weight excluding hydrogens is 414 g/mol. The Labute approximate surface area is 194 Å². The molecule has 33 heavy (non-hydrogen) atoms. The van der Waals surface area contributed by atoms with E-state index in [0.717, 1.165) is 48.9 Å². The van der Waals surface area contributed by atoms with Gasteiger partial charge in [0, 0.05) is 37.7 Å². The van der Waals surface area contributed by atoms with Gasteiger partial charge in [0.25, 0.3) is 5.91 Å². The number of fused-ring (bicyclic) bond motifs is 1. The monoisotopic (exact) mass is 445 g/mol. The van der Waals surface area contributed by atoms with E-state index in [4.69, 9.17) is 0 Å². The average Bonchev–Trinajstić information content (AvgIpc) is 3.57. The molecule has 6 heteroatoms. The number of hydrogen-bond acceptors (Lipinski definition) is 3. The van der Waals surface area contributed by atoms with Crippen molar-refractivity contribution < 1.29 is 14.4 Å². The largest absolute Gasteiger partial charge is 0.355 e. The van der Waals surface area contributed by atoms with Crippen LogP contribution in [0.4, 0.5) is 0 Å². The van der Waals surface area contributed by atoms with Crippen molar-refractivity contribution in [3.8, 4) is 0 Å². The minimum absolute atomic E-state index is 0.0243. The van der Waals surface area contributed by atoms with Crippen LogP contribution in [-0.2, 0) is 9.59 Å². The van der Waals surface area contributed by atoms with Gasteiger partial charge in [-0.25, -0.2) is 0 Å². The van der Waals surface area contributed by atoms with Crippen LogP contribution in [0.5, 0.6) is 0 Å². The molecule has 2 aliphatic heterocycles. The van der Waals surface area contributed by atoms with Crippen molar-refractivity contribution in [2.75, 3.05) is 19.6 Å². The Hall–Kier alpha value is -3.15. The first-order valence-electron chi connectivity index (χ1n) is 12.1. The van der Waals surface area contributed by atoms with Gasteiger partial charge in [0.1, 0.15) is 0 Å². The maximum atomic E-state index is 13.7. The second kappa shape index (κ2) is 9.00. The lowest BCUT2D eigenvalue weighted by molar-refractivity contribution is -0.127. The second-order valence-electron chi connectivity index (χ2n) is 9.50. The van der Waals surface area contributed by atoms with Gasteiger partial charge in [-0.3, -0.25) is 14.4 Å². The van der Waals surface area contributed by atoms with Gasteiger partial charge >= 0.3 is 0 Å². The molecule has 0 radical (unpaired) electrons. The van der Waals surface area contributed by atoms with Gasteiger partial charge in [-0.2, -0.15) is 0 Å². The molecule has 1 saturated heterocycles. The van der Waals surface area contributed by atoms with E-state index in [-0.39, 0.29) is 29.8 Å². The van der Waals surface area contributed by atoms with E-state index in [2.05, 4.69) is 11.4 Å². The summed E-state index contributed by atoms with van der Waals surface area (Å²) in [4.78, 5) is 42.9. The maximum Gasteiger partial charge on any atom is 0.254 e. The van der Waals surface area contributed by atoms with Crippen molar-refractivity contribution >= 4 is 17.7 Å². The van der Waals surface area contributed by atoms with Crippen LogP contribution in [0.2, 0.25) is 0 Å². The SMILES string of the molecule is Cc1cccc([C@H]2[C@H](C(=O)NCCCN3CCCC3=O)c3ccccc3C(=O)N2C2CC2)c1. The molecule has 3 amide bonds. The Morgan fingerprint density at radius 2 is 1.91 bits per heavy atom. The number of rotatable bonds is 7. The van der Waals surface area contributed by atoms with Crippen LogP contribution in [0.25, 0.3) is 0 Å². The molecule has 0 bridgehead atoms. The van der Waals surface area contributed by atoms with Crippen LogP contribution in [0.15, 0.2) is 48.5 Å². The van der Waals surface area contributed by atoms with E-state index in [1.54, 1.807) is 0 Å². The second-order valence-corrected chi connectivity index (χ2v) is 9.50. The summed E-state index contributed by atoms with van der Waals surface area (Å²) in [5, 5.41) is 3.13. The van der Waals surface area contributed by atoms with E-state index >= 15 is 0 Å². The fourth-order valence-electron chi connectivity index (χ4n) is 5.33. The third kappa shape index (κ3) is 4.26. The van der Waals surface area contributed by atoms with Crippen molar-refractivity contribution in [1.29, 1.82) is 0 Å². The minimum Gasteiger partial charge on any atom is -0.355 e. The molecule has 2 atom stereocenters. The number of nitrogens with zero attached hydrogens (tertiary/aromatic N) is 2. The molecule has 172 valence electrons. The molecule has 1 N–H and O–H groups in total. The standard InChI is InChI=1S/C27H31N3O3/c1-18-7-4-8-19(17-18)25-24(26(32)28-14-6-16-29-15-5-11-23(29)31)21-9-2-3-10-22(21)27(33)30(25)20-12-13-20/h2-4,7-10,17,20,24-25H,5-6,11-16H2,1H3,(H,28,32)/t24-,25+/m1/s1. The average molecular weight is 446 g/mol. The van der Waals surface area contributed by atoms with Gasteiger partial charge in [-0.05, 0) is 49.8 Å². The Bertz CT molecular complexity index is 1080. The van der Waals surface area contributed by atoms with Crippen LogP contribution in [-0.4, -0.2) is 53.2 Å². The van der Waals surface area contributed by atoms with Gasteiger partial charge in [0.2, 0.25) is 11.8 Å². The van der Waals surface area contributed by atoms with E-state index < -0.39 is 5.92 Å². The summed E-state index contributed by atoms with van der Waals surface area (Å²) < 4.78 is 0. The molecule has 0 spiro atoms. The predicted molar refractivity (Wildman–Crippen MR) is 126 cm³/mol. The number of aryl methyl sites for hydroxylation is 1. The molecule has 1 saturated carbocycles. The van der Waals surface area contributed by atoms with Gasteiger partial charge < -0.3 is 15.1 Å². The summed E-state index contributed by atoms with van der Waals surface area (Å²) >= 11 is 0. The third-order valence-corrected chi connectivity index (χ3v) is 7.06. The molecule has 0 unspecified atom stereocenters. The first kappa shape index (κ1) is 21.7. The quantitative estimate of drug-likeness (QED) is 0.663. The highest BCUT2D eigenvalue weighted by Crippen LogP contribution is 2.47. The van der Waals surface area contributed by atoms with E-state index in [1.807, 2.05) is 59.2 Å². The topological polar surface area (TPSA) is 69.7 Å². The normalized spacial score (nSPS) is 22.5. The molecule has 1 aliphatic carbocycles. The summed E-state index contributed by atoms with van der Waals surface area (Å²) in [5.41, 5.74) is 3.56. The molecule has 0 aromatic heterocycles. The first-order valence-corrected chi connectivity index (χ1v) is 12.1. The molecular formula is C27H31N3O3. The van der Waals surface area contributed by atoms with Crippen molar-refractivity contribution in [3.05, 3.63) is 70.8 Å². The Morgan fingerprint density at radius 1 is 1.09 bits per heavy atom. The van der Waals surface area contributed by atoms with Gasteiger partial charge in [-0.1, -0.05) is 48.0 Å². The molecule has 2 aromatic carbocycles. The van der Waals surface area contributed by atoms with Crippen molar-refractivity contribution in [2.45, 2.75) is 57.0 Å². The van der Waals surface area contributed by atoms with E-state index in [1.165, 1.54) is 0 Å². The lowest BCUT2D eigenvalue weighted by atomic mass is 9.78. The van der Waals surface area contributed by atoms with Crippen molar-refractivity contribution in [2.24, 2.45) is 0 Å². The molecule has 3 aliphatic rings. The number of likely N-dealkylation sites (tertiary alicyclic amines) is 1. The van der Waals surface area contributed by atoms with Crippen LogP contribution in [0.3, 0.4) is 0 Å². The zero-order valence-electron chi connectivity index (χ0n) is 19.1. The number of carbonyl (C=O) groups is 3. The Morgan fingerprint density at radius 3 is 2.64 bits per heavy atom. The predicted octanol–water partition coefficient (Wildman–Crippen LogP) is 3.57. The fourth-order valence-corrected chi connectivity index (χ4v) is 5.33. The summed E-state index contributed by atoms with van der Waals surface area (Å²) in [6.45, 7) is 4.04. The molecule has 2 fully saturated rings. The van der Waals surface area contributed by atoms with Crippen LogP contribution < -0.4 is 5.32 Å². The highest BCUT2D eigenvalue weighted by molar-refractivity contribution is 6.01. The lowest BCUT2D eigenvalue weighted by Crippen LogP contribution is -2.48. The van der Waals surface area contributed by atoms with Gasteiger partial charge in [0.15, 0.2) is 0 Å². The smallest absolute Gasteiger partial charge is 0.254 e. The van der Waals surface area contributed by atoms with Crippen LogP contribution in [0.1, 0.15) is 71.1 Å². The molecule has 5 rings (SSSR count). The number of benzene rings is 2. The number of hydrogen-bond donors (Lipinski definition) is 1. The van der Waals surface area contributed by atoms with Crippen molar-refractivity contribution in [3.63, 3.8) is 0 Å². The lowest BCUT2D eigenvalue weighted by Gasteiger charge is -2.42. The molecule has 2 heterocycles. The zero-order valence-corrected chi connectivity index (χ0v) is 19.1. The van der Waals surface area contributed by atoms with Crippen molar-refractivity contribution in [1.82, 2.24) is 15.1 Å². The summed E-state index contributed by atoms with van der Waals surface area (Å²) in [5.74, 6) is -0.286. The Balaban J connectivity index is 1.42. The molecule has 6 nitrogen and oxygen atoms in total. The fraction of sp³-hybridized carbons (Fsp3) is 0.444. The van der Waals surface area contributed by atoms with E-state index in [0.29, 0.717) is 25.1 Å². The number of amides is 3. The maximum absolute atomic E-state index is 13.7. The number of carbonyl (C=O) groups excluding carboxylic acids is 3. The van der Waals surface area contributed by atoms with E-state index in [9.17, 15) is 14.4 Å². The summed E-state index contributed by atoms with van der Waals surface area (Å²) in [7, 11) is 0. The summed E-state index contributed by atoms with van der Waals surface area (Å²) in [6, 6.07) is 15.6. The highest BCUT2D eigenvalue weighted by atomic mass is 16.2. The molecule has 2 aromatic rings. The zero-order chi connectivity index (χ0) is 22.9. The first-order chi connectivity index (χ1) is 16.0. The van der Waals surface area contributed by atoms with Gasteiger partial charge in [-0.15, -0.1) is 0 Å². The van der Waals surface area contributed by atoms with Crippen LogP contribution in [0, 0.1) is 6.92 Å². The minimum atomic E-state index is -0.463. The Kier molecular flexibility index (Phi) is 5.92.